The molecule has 0 bridgehead atoms. The smallest absolute Gasteiger partial charge is 0.317 e. The van der Waals surface area contributed by atoms with E-state index in [1.807, 2.05) is 0 Å². The summed E-state index contributed by atoms with van der Waals surface area (Å²) in [5, 5.41) is 22.6. The number of rotatable bonds is 4. The maximum atomic E-state index is 12.1. The Morgan fingerprint density at radius 1 is 1.45 bits per heavy atom. The second-order valence-corrected chi connectivity index (χ2v) is 5.26. The number of amides is 2. The number of para-hydroxylation sites is 1. The van der Waals surface area contributed by atoms with E-state index in [9.17, 15) is 19.7 Å². The van der Waals surface area contributed by atoms with Crippen molar-refractivity contribution >= 4 is 17.7 Å². The highest BCUT2D eigenvalue weighted by molar-refractivity contribution is 5.77. The summed E-state index contributed by atoms with van der Waals surface area (Å²) >= 11 is 0. The summed E-state index contributed by atoms with van der Waals surface area (Å²) in [7, 11) is 0. The number of nitrogens with one attached hydrogen (secondary N) is 1. The van der Waals surface area contributed by atoms with E-state index in [-0.39, 0.29) is 12.2 Å². The number of benzene rings is 1. The van der Waals surface area contributed by atoms with Gasteiger partial charge in [0.25, 0.3) is 5.69 Å². The molecule has 118 valence electrons. The van der Waals surface area contributed by atoms with Crippen LogP contribution in [0.25, 0.3) is 0 Å². The number of carboxylic acid groups (broad SMARTS) is 1. The number of likely N-dealkylation sites (tertiary alicyclic amines) is 1. The van der Waals surface area contributed by atoms with Crippen molar-refractivity contribution in [1.82, 2.24) is 10.2 Å². The molecule has 0 aromatic heterocycles. The summed E-state index contributed by atoms with van der Waals surface area (Å²) in [6.45, 7) is 2.18. The number of nitro benzene ring substituents is 1. The third kappa shape index (κ3) is 3.33. The predicted octanol–water partition coefficient (Wildman–Crippen LogP) is 1.77. The first-order chi connectivity index (χ1) is 10.4. The maximum absolute atomic E-state index is 12.1. The van der Waals surface area contributed by atoms with Gasteiger partial charge in [0.1, 0.15) is 0 Å². The average molecular weight is 307 g/mol. The Balaban J connectivity index is 2.03. The van der Waals surface area contributed by atoms with Gasteiger partial charge in [-0.1, -0.05) is 18.2 Å². The van der Waals surface area contributed by atoms with Crippen molar-refractivity contribution in [3.63, 3.8) is 0 Å². The fourth-order valence-corrected chi connectivity index (χ4v) is 2.52. The number of nitrogens with zero attached hydrogens (tertiary/aromatic N) is 2. The molecule has 1 fully saturated rings. The molecule has 1 aliphatic heterocycles. The van der Waals surface area contributed by atoms with Gasteiger partial charge in [0.15, 0.2) is 0 Å². The zero-order valence-corrected chi connectivity index (χ0v) is 12.1. The lowest BCUT2D eigenvalue weighted by Gasteiger charge is -2.21. The second-order valence-electron chi connectivity index (χ2n) is 5.26. The first-order valence-electron chi connectivity index (χ1n) is 6.91. The first-order valence-corrected chi connectivity index (χ1v) is 6.91. The lowest BCUT2D eigenvalue weighted by atomic mass is 10.1. The summed E-state index contributed by atoms with van der Waals surface area (Å²) in [5.41, 5.74) is 0.356. The highest BCUT2D eigenvalue weighted by Crippen LogP contribution is 2.25. The van der Waals surface area contributed by atoms with Gasteiger partial charge in [-0.05, 0) is 13.3 Å². The molecule has 2 N–H and O–H groups in total. The lowest BCUT2D eigenvalue weighted by Crippen LogP contribution is -2.40. The highest BCUT2D eigenvalue weighted by atomic mass is 16.6. The van der Waals surface area contributed by atoms with E-state index in [0.717, 1.165) is 0 Å². The van der Waals surface area contributed by atoms with Crippen LogP contribution in [0.5, 0.6) is 0 Å². The summed E-state index contributed by atoms with van der Waals surface area (Å²) in [6.07, 6.45) is 0.419. The molecule has 1 aliphatic rings. The number of hydrogen-bond acceptors (Lipinski definition) is 4. The first kappa shape index (κ1) is 15.7. The minimum absolute atomic E-state index is 0.0554. The molecule has 0 spiro atoms. The Bertz CT molecular complexity index is 604. The van der Waals surface area contributed by atoms with Crippen LogP contribution >= 0.6 is 0 Å². The Labute approximate surface area is 126 Å². The molecule has 1 aromatic carbocycles. The Morgan fingerprint density at radius 3 is 2.73 bits per heavy atom. The molecule has 2 rings (SSSR count). The van der Waals surface area contributed by atoms with Crippen molar-refractivity contribution in [2.45, 2.75) is 19.4 Å². The largest absolute Gasteiger partial charge is 0.481 e. The minimum atomic E-state index is -0.915. The van der Waals surface area contributed by atoms with Crippen LogP contribution in [0.4, 0.5) is 10.5 Å². The molecule has 8 nitrogen and oxygen atoms in total. The fourth-order valence-electron chi connectivity index (χ4n) is 2.52. The van der Waals surface area contributed by atoms with Crippen molar-refractivity contribution < 1.29 is 19.6 Å². The van der Waals surface area contributed by atoms with Gasteiger partial charge < -0.3 is 15.3 Å². The molecule has 2 unspecified atom stereocenters. The molecule has 0 aliphatic carbocycles. The van der Waals surface area contributed by atoms with Crippen molar-refractivity contribution in [3.8, 4) is 0 Å². The second kappa shape index (κ2) is 6.42. The van der Waals surface area contributed by atoms with E-state index < -0.39 is 28.9 Å². The summed E-state index contributed by atoms with van der Waals surface area (Å²) < 4.78 is 0. The molecular weight excluding hydrogens is 290 g/mol. The Hall–Kier alpha value is -2.64. The van der Waals surface area contributed by atoms with Crippen LogP contribution in [0.15, 0.2) is 24.3 Å². The number of carbonyl (C=O) groups excluding carboxylic acids is 1. The average Bonchev–Trinajstić information content (AvgIpc) is 2.97. The third-order valence-corrected chi connectivity index (χ3v) is 3.76. The van der Waals surface area contributed by atoms with E-state index in [4.69, 9.17) is 5.11 Å². The van der Waals surface area contributed by atoms with Gasteiger partial charge in [-0.25, -0.2) is 4.79 Å². The topological polar surface area (TPSA) is 113 Å². The lowest BCUT2D eigenvalue weighted by molar-refractivity contribution is -0.385. The molecule has 0 saturated carbocycles. The SMILES string of the molecule is CC(NC(=O)N1CCC(C(=O)O)C1)c1ccccc1[N+](=O)[O-]. The standard InChI is InChI=1S/C14H17N3O5/c1-9(11-4-2-3-5-12(11)17(21)22)15-14(20)16-7-6-10(8-16)13(18)19/h2-5,9-10H,6-8H2,1H3,(H,15,20)(H,18,19). The van der Waals surface area contributed by atoms with Crippen LogP contribution in [-0.4, -0.2) is 40.0 Å². The molecule has 22 heavy (non-hydrogen) atoms. The van der Waals surface area contributed by atoms with Crippen LogP contribution in [0, 0.1) is 16.0 Å². The quantitative estimate of drug-likeness (QED) is 0.650. The van der Waals surface area contributed by atoms with Crippen LogP contribution < -0.4 is 5.32 Å². The van der Waals surface area contributed by atoms with Gasteiger partial charge in [-0.15, -0.1) is 0 Å². The summed E-state index contributed by atoms with van der Waals surface area (Å²) in [4.78, 5) is 35.0. The van der Waals surface area contributed by atoms with Gasteiger partial charge in [-0.2, -0.15) is 0 Å². The Morgan fingerprint density at radius 2 is 2.14 bits per heavy atom. The number of aliphatic carboxylic acids is 1. The van der Waals surface area contributed by atoms with E-state index in [1.165, 1.54) is 11.0 Å². The van der Waals surface area contributed by atoms with Crippen molar-refractivity contribution in [1.29, 1.82) is 0 Å². The van der Waals surface area contributed by atoms with Gasteiger partial charge >= 0.3 is 12.0 Å². The van der Waals surface area contributed by atoms with Gasteiger partial charge in [0.2, 0.25) is 0 Å². The number of hydrogen-bond donors (Lipinski definition) is 2. The molecule has 8 heteroatoms. The van der Waals surface area contributed by atoms with Crippen molar-refractivity contribution in [2.75, 3.05) is 13.1 Å². The highest BCUT2D eigenvalue weighted by Gasteiger charge is 2.31. The van der Waals surface area contributed by atoms with E-state index >= 15 is 0 Å². The zero-order chi connectivity index (χ0) is 16.3. The molecular formula is C14H17N3O5. The third-order valence-electron chi connectivity index (χ3n) is 3.76. The van der Waals surface area contributed by atoms with Crippen LogP contribution in [0.1, 0.15) is 24.9 Å². The fraction of sp³-hybridized carbons (Fsp3) is 0.429. The van der Waals surface area contributed by atoms with Crippen LogP contribution in [-0.2, 0) is 4.79 Å². The number of nitro groups is 1. The minimum Gasteiger partial charge on any atom is -0.481 e. The normalized spacial score (nSPS) is 18.8. The molecule has 0 radical (unpaired) electrons. The summed E-state index contributed by atoms with van der Waals surface area (Å²) in [5.74, 6) is -1.46. The maximum Gasteiger partial charge on any atom is 0.317 e. The Kier molecular flexibility index (Phi) is 4.59. The molecule has 2 atom stereocenters. The predicted molar refractivity (Wildman–Crippen MR) is 77.4 cm³/mol. The van der Waals surface area contributed by atoms with Crippen molar-refractivity contribution in [2.24, 2.45) is 5.92 Å². The van der Waals surface area contributed by atoms with Crippen LogP contribution in [0.3, 0.4) is 0 Å². The molecule has 1 heterocycles. The van der Waals surface area contributed by atoms with Crippen molar-refractivity contribution in [3.05, 3.63) is 39.9 Å². The van der Waals surface area contributed by atoms with Crippen LogP contribution in [0.2, 0.25) is 0 Å². The molecule has 1 saturated heterocycles. The van der Waals surface area contributed by atoms with E-state index in [0.29, 0.717) is 18.5 Å². The molecule has 1 aromatic rings. The number of carbonyl (C=O) groups is 2. The number of urea groups is 1. The monoisotopic (exact) mass is 307 g/mol. The molecule has 2 amide bonds. The van der Waals surface area contributed by atoms with E-state index in [1.54, 1.807) is 25.1 Å². The van der Waals surface area contributed by atoms with E-state index in [2.05, 4.69) is 5.32 Å². The van der Waals surface area contributed by atoms with Gasteiger partial charge in [-0.3, -0.25) is 14.9 Å². The van der Waals surface area contributed by atoms with Gasteiger partial charge in [0.05, 0.1) is 22.4 Å². The summed E-state index contributed by atoms with van der Waals surface area (Å²) in [6, 6.07) is 5.25. The zero-order valence-electron chi connectivity index (χ0n) is 12.1. The van der Waals surface area contributed by atoms with Gasteiger partial charge in [0, 0.05) is 19.2 Å². The number of carboxylic acids is 1.